The molecule has 172 valence electrons. The molecular formula is C22H23FN6O3S. The molecule has 0 bridgehead atoms. The normalized spacial score (nSPS) is 18.3. The molecule has 0 radical (unpaired) electrons. The monoisotopic (exact) mass is 470 g/mol. The van der Waals surface area contributed by atoms with Gasteiger partial charge in [0.2, 0.25) is 11.8 Å². The Balaban J connectivity index is 1.29. The SMILES string of the molecule is O=C(Cn1cnc2nc(N3CCC[C@@H](C(=O)NC4CC4)C3)sc2c1=O)Nc1ccc(F)cc1. The van der Waals surface area contributed by atoms with Gasteiger partial charge in [0, 0.05) is 24.8 Å². The highest BCUT2D eigenvalue weighted by atomic mass is 32.1. The summed E-state index contributed by atoms with van der Waals surface area (Å²) in [5, 5.41) is 6.36. The summed E-state index contributed by atoms with van der Waals surface area (Å²) in [5.74, 6) is -0.819. The first-order valence-corrected chi connectivity index (χ1v) is 11.7. The van der Waals surface area contributed by atoms with Crippen LogP contribution in [0.3, 0.4) is 0 Å². The molecule has 2 aliphatic rings. The molecule has 1 atom stereocenters. The van der Waals surface area contributed by atoms with Gasteiger partial charge >= 0.3 is 0 Å². The number of aromatic nitrogens is 3. The fourth-order valence-electron chi connectivity index (χ4n) is 3.88. The number of nitrogens with zero attached hydrogens (tertiary/aromatic N) is 4. The minimum Gasteiger partial charge on any atom is -0.353 e. The second-order valence-corrected chi connectivity index (χ2v) is 9.43. The topological polar surface area (TPSA) is 109 Å². The number of benzene rings is 1. The summed E-state index contributed by atoms with van der Waals surface area (Å²) >= 11 is 1.23. The predicted molar refractivity (Wildman–Crippen MR) is 123 cm³/mol. The summed E-state index contributed by atoms with van der Waals surface area (Å²) in [7, 11) is 0. The number of hydrogen-bond acceptors (Lipinski definition) is 7. The van der Waals surface area contributed by atoms with Crippen LogP contribution in [-0.2, 0) is 16.1 Å². The van der Waals surface area contributed by atoms with Gasteiger partial charge < -0.3 is 15.5 Å². The number of fused-ring (bicyclic) bond motifs is 1. The molecule has 0 spiro atoms. The Labute approximate surface area is 192 Å². The van der Waals surface area contributed by atoms with Crippen molar-refractivity contribution < 1.29 is 14.0 Å². The lowest BCUT2D eigenvalue weighted by molar-refractivity contribution is -0.125. The predicted octanol–water partition coefficient (Wildman–Crippen LogP) is 2.13. The van der Waals surface area contributed by atoms with Crippen molar-refractivity contribution in [2.24, 2.45) is 5.92 Å². The molecule has 11 heteroatoms. The molecule has 2 N–H and O–H groups in total. The van der Waals surface area contributed by atoms with E-state index in [4.69, 9.17) is 0 Å². The molecule has 2 fully saturated rings. The minimum atomic E-state index is -0.421. The maximum Gasteiger partial charge on any atom is 0.273 e. The van der Waals surface area contributed by atoms with E-state index in [9.17, 15) is 18.8 Å². The quantitative estimate of drug-likeness (QED) is 0.571. The molecule has 2 amide bonds. The Kier molecular flexibility index (Phi) is 5.79. The van der Waals surface area contributed by atoms with Crippen LogP contribution in [-0.4, -0.2) is 45.5 Å². The van der Waals surface area contributed by atoms with E-state index in [0.29, 0.717) is 33.8 Å². The van der Waals surface area contributed by atoms with Crippen LogP contribution < -0.4 is 21.1 Å². The number of amides is 2. The van der Waals surface area contributed by atoms with Crippen LogP contribution in [0.5, 0.6) is 0 Å². The zero-order valence-corrected chi connectivity index (χ0v) is 18.6. The van der Waals surface area contributed by atoms with Crippen LogP contribution >= 0.6 is 11.3 Å². The standard InChI is InChI=1S/C22H23FN6O3S/c23-14-3-5-15(6-4-14)25-17(30)11-29-12-24-19-18(21(29)32)33-22(27-19)28-9-1-2-13(10-28)20(31)26-16-7-8-16/h3-6,12-13,16H,1-2,7-11H2,(H,25,30)(H,26,31)/t13-/m1/s1. The lowest BCUT2D eigenvalue weighted by Crippen LogP contribution is -2.43. The molecule has 1 aliphatic carbocycles. The Bertz CT molecular complexity index is 1250. The van der Waals surface area contributed by atoms with Gasteiger partial charge in [0.05, 0.1) is 5.92 Å². The van der Waals surface area contributed by atoms with Crippen molar-refractivity contribution in [2.45, 2.75) is 38.3 Å². The van der Waals surface area contributed by atoms with Crippen molar-refractivity contribution in [1.82, 2.24) is 19.9 Å². The van der Waals surface area contributed by atoms with E-state index in [2.05, 4.69) is 20.6 Å². The van der Waals surface area contributed by atoms with Gasteiger partial charge in [0.25, 0.3) is 5.56 Å². The van der Waals surface area contributed by atoms with Gasteiger partial charge in [0.1, 0.15) is 23.4 Å². The van der Waals surface area contributed by atoms with Crippen molar-refractivity contribution in [3.05, 3.63) is 46.8 Å². The number of thiazole rings is 1. The average molecular weight is 471 g/mol. The van der Waals surface area contributed by atoms with E-state index in [0.717, 1.165) is 32.2 Å². The highest BCUT2D eigenvalue weighted by Gasteiger charge is 2.31. The van der Waals surface area contributed by atoms with Crippen molar-refractivity contribution >= 4 is 44.3 Å². The molecule has 3 aromatic rings. The Morgan fingerprint density at radius 2 is 1.97 bits per heavy atom. The molecule has 1 saturated carbocycles. The number of carbonyl (C=O) groups is 2. The summed E-state index contributed by atoms with van der Waals surface area (Å²) < 4.78 is 14.6. The van der Waals surface area contributed by atoms with Gasteiger partial charge in [0.15, 0.2) is 10.8 Å². The second kappa shape index (κ2) is 8.89. The van der Waals surface area contributed by atoms with E-state index >= 15 is 0 Å². The summed E-state index contributed by atoms with van der Waals surface area (Å²) in [6.07, 6.45) is 5.13. The fraction of sp³-hybridized carbons (Fsp3) is 0.409. The molecule has 0 unspecified atom stereocenters. The molecule has 3 heterocycles. The maximum atomic E-state index is 13.0. The second-order valence-electron chi connectivity index (χ2n) is 8.45. The van der Waals surface area contributed by atoms with Gasteiger partial charge in [-0.3, -0.25) is 19.0 Å². The highest BCUT2D eigenvalue weighted by molar-refractivity contribution is 7.22. The number of carbonyl (C=O) groups excluding carboxylic acids is 2. The van der Waals surface area contributed by atoms with Crippen molar-refractivity contribution in [2.75, 3.05) is 23.3 Å². The first-order valence-electron chi connectivity index (χ1n) is 10.9. The van der Waals surface area contributed by atoms with Crippen LogP contribution in [0.2, 0.25) is 0 Å². The number of piperidine rings is 1. The molecule has 2 aromatic heterocycles. The van der Waals surface area contributed by atoms with Crippen LogP contribution in [0.4, 0.5) is 15.2 Å². The molecule has 1 aromatic carbocycles. The van der Waals surface area contributed by atoms with Gasteiger partial charge in [-0.1, -0.05) is 11.3 Å². The number of hydrogen-bond donors (Lipinski definition) is 2. The van der Waals surface area contributed by atoms with Gasteiger partial charge in [-0.25, -0.2) is 9.37 Å². The Morgan fingerprint density at radius 1 is 1.18 bits per heavy atom. The third-order valence-corrected chi connectivity index (χ3v) is 6.89. The molecular weight excluding hydrogens is 447 g/mol. The van der Waals surface area contributed by atoms with E-state index in [1.54, 1.807) is 0 Å². The number of halogens is 1. The zero-order chi connectivity index (χ0) is 22.9. The number of anilines is 2. The van der Waals surface area contributed by atoms with E-state index in [-0.39, 0.29) is 23.9 Å². The summed E-state index contributed by atoms with van der Waals surface area (Å²) in [5.41, 5.74) is 0.423. The maximum absolute atomic E-state index is 13.0. The number of rotatable bonds is 6. The van der Waals surface area contributed by atoms with Crippen LogP contribution in [0.1, 0.15) is 25.7 Å². The van der Waals surface area contributed by atoms with Gasteiger partial charge in [-0.15, -0.1) is 0 Å². The van der Waals surface area contributed by atoms with Crippen LogP contribution in [0.25, 0.3) is 10.3 Å². The van der Waals surface area contributed by atoms with E-state index < -0.39 is 11.7 Å². The van der Waals surface area contributed by atoms with Gasteiger partial charge in [-0.2, -0.15) is 4.98 Å². The van der Waals surface area contributed by atoms with E-state index in [1.807, 2.05) is 4.90 Å². The van der Waals surface area contributed by atoms with Crippen LogP contribution in [0.15, 0.2) is 35.4 Å². The Morgan fingerprint density at radius 3 is 2.73 bits per heavy atom. The zero-order valence-electron chi connectivity index (χ0n) is 17.8. The summed E-state index contributed by atoms with van der Waals surface area (Å²) in [4.78, 5) is 48.6. The van der Waals surface area contributed by atoms with Crippen molar-refractivity contribution in [1.29, 1.82) is 0 Å². The average Bonchev–Trinajstić information content (AvgIpc) is 3.51. The van der Waals surface area contributed by atoms with E-state index in [1.165, 1.54) is 46.5 Å². The number of nitrogens with one attached hydrogen (secondary N) is 2. The molecule has 33 heavy (non-hydrogen) atoms. The van der Waals surface area contributed by atoms with Gasteiger partial charge in [-0.05, 0) is 49.9 Å². The first kappa shape index (κ1) is 21.5. The minimum absolute atomic E-state index is 0.0915. The lowest BCUT2D eigenvalue weighted by atomic mass is 9.97. The van der Waals surface area contributed by atoms with Crippen molar-refractivity contribution in [3.63, 3.8) is 0 Å². The summed E-state index contributed by atoms with van der Waals surface area (Å²) in [6, 6.07) is 5.72. The molecule has 1 aliphatic heterocycles. The van der Waals surface area contributed by atoms with Crippen molar-refractivity contribution in [3.8, 4) is 0 Å². The smallest absolute Gasteiger partial charge is 0.273 e. The molecule has 5 rings (SSSR count). The fourth-order valence-corrected chi connectivity index (χ4v) is 4.89. The first-order chi connectivity index (χ1) is 16.0. The Hall–Kier alpha value is -3.34. The summed E-state index contributed by atoms with van der Waals surface area (Å²) in [6.45, 7) is 1.10. The molecule has 9 nitrogen and oxygen atoms in total. The third-order valence-electron chi connectivity index (χ3n) is 5.80. The third kappa shape index (κ3) is 4.87. The lowest BCUT2D eigenvalue weighted by Gasteiger charge is -2.31. The molecule has 1 saturated heterocycles. The van der Waals surface area contributed by atoms with Crippen LogP contribution in [0, 0.1) is 11.7 Å². The highest BCUT2D eigenvalue weighted by Crippen LogP contribution is 2.30. The largest absolute Gasteiger partial charge is 0.353 e.